The van der Waals surface area contributed by atoms with Crippen LogP contribution in [0.1, 0.15) is 27.7 Å². The number of methoxy groups -OCH3 is 1. The van der Waals surface area contributed by atoms with Crippen LogP contribution >= 0.6 is 0 Å². The molecule has 0 aliphatic heterocycles. The van der Waals surface area contributed by atoms with E-state index in [9.17, 15) is 4.79 Å². The van der Waals surface area contributed by atoms with E-state index >= 15 is 0 Å². The number of carbonyl (C=O) groups excluding carboxylic acids is 1. The molecule has 0 N–H and O–H groups in total. The van der Waals surface area contributed by atoms with Gasteiger partial charge >= 0.3 is 5.97 Å². The van der Waals surface area contributed by atoms with Gasteiger partial charge in [-0.25, -0.2) is 0 Å². The zero-order valence-corrected chi connectivity index (χ0v) is 10.3. The van der Waals surface area contributed by atoms with Crippen molar-refractivity contribution >= 4 is 5.97 Å². The van der Waals surface area contributed by atoms with Crippen molar-refractivity contribution in [1.29, 1.82) is 0 Å². The highest BCUT2D eigenvalue weighted by Crippen LogP contribution is 2.00. The van der Waals surface area contributed by atoms with Crippen LogP contribution < -0.4 is 0 Å². The van der Waals surface area contributed by atoms with E-state index in [2.05, 4.69) is 0 Å². The average Bonchev–Trinajstić information content (AvgIpc) is 2.21. The highest BCUT2D eigenvalue weighted by molar-refractivity contribution is 5.71. The van der Waals surface area contributed by atoms with Crippen LogP contribution in [0.2, 0.25) is 0 Å². The average molecular weight is 218 g/mol. The topological polar surface area (TPSA) is 44.8 Å². The van der Waals surface area contributed by atoms with E-state index in [-0.39, 0.29) is 24.1 Å². The SMILES string of the molecule is COC(C)COC(C)COC(=O)C(C)C. The molecule has 2 unspecified atom stereocenters. The number of hydrogen-bond acceptors (Lipinski definition) is 4. The largest absolute Gasteiger partial charge is 0.463 e. The zero-order chi connectivity index (χ0) is 11.8. The predicted octanol–water partition coefficient (Wildman–Crippen LogP) is 1.63. The summed E-state index contributed by atoms with van der Waals surface area (Å²) in [6.45, 7) is 8.22. The maximum absolute atomic E-state index is 11.1. The molecule has 15 heavy (non-hydrogen) atoms. The van der Waals surface area contributed by atoms with Gasteiger partial charge in [-0.15, -0.1) is 0 Å². The lowest BCUT2D eigenvalue weighted by Gasteiger charge is -2.16. The van der Waals surface area contributed by atoms with Crippen LogP contribution in [0.3, 0.4) is 0 Å². The molecule has 0 fully saturated rings. The third-order valence-electron chi connectivity index (χ3n) is 1.95. The minimum absolute atomic E-state index is 0.0632. The molecule has 4 nitrogen and oxygen atoms in total. The highest BCUT2D eigenvalue weighted by atomic mass is 16.6. The van der Waals surface area contributed by atoms with Crippen LogP contribution in [0.5, 0.6) is 0 Å². The fourth-order valence-electron chi connectivity index (χ4n) is 0.782. The van der Waals surface area contributed by atoms with Crippen molar-refractivity contribution < 1.29 is 19.0 Å². The minimum Gasteiger partial charge on any atom is -0.463 e. The van der Waals surface area contributed by atoms with E-state index in [1.54, 1.807) is 21.0 Å². The molecule has 0 rings (SSSR count). The lowest BCUT2D eigenvalue weighted by Crippen LogP contribution is -2.25. The van der Waals surface area contributed by atoms with Gasteiger partial charge in [-0.3, -0.25) is 4.79 Å². The van der Waals surface area contributed by atoms with Crippen LogP contribution in [-0.4, -0.2) is 38.5 Å². The van der Waals surface area contributed by atoms with Gasteiger partial charge in [0.05, 0.1) is 24.7 Å². The smallest absolute Gasteiger partial charge is 0.308 e. The summed E-state index contributed by atoms with van der Waals surface area (Å²) in [5.41, 5.74) is 0. The predicted molar refractivity (Wildman–Crippen MR) is 57.7 cm³/mol. The van der Waals surface area contributed by atoms with Gasteiger partial charge in [-0.05, 0) is 13.8 Å². The van der Waals surface area contributed by atoms with Gasteiger partial charge in [0.2, 0.25) is 0 Å². The van der Waals surface area contributed by atoms with Crippen LogP contribution in [0.25, 0.3) is 0 Å². The van der Waals surface area contributed by atoms with Crippen molar-refractivity contribution in [2.24, 2.45) is 5.92 Å². The van der Waals surface area contributed by atoms with Crippen molar-refractivity contribution in [1.82, 2.24) is 0 Å². The molecule has 90 valence electrons. The van der Waals surface area contributed by atoms with Gasteiger partial charge in [0.25, 0.3) is 0 Å². The van der Waals surface area contributed by atoms with Gasteiger partial charge < -0.3 is 14.2 Å². The molecule has 0 aromatic heterocycles. The van der Waals surface area contributed by atoms with Crippen LogP contribution in [-0.2, 0) is 19.0 Å². The molecule has 0 aliphatic carbocycles. The summed E-state index contributed by atoms with van der Waals surface area (Å²) in [6.07, 6.45) is -0.0291. The number of ether oxygens (including phenoxy) is 3. The minimum atomic E-state index is -0.190. The van der Waals surface area contributed by atoms with E-state index in [1.807, 2.05) is 13.8 Å². The van der Waals surface area contributed by atoms with Crippen LogP contribution in [0.4, 0.5) is 0 Å². The molecule has 0 aromatic rings. The number of carbonyl (C=O) groups is 1. The van der Waals surface area contributed by atoms with Crippen molar-refractivity contribution in [2.75, 3.05) is 20.3 Å². The molecule has 0 saturated carbocycles. The van der Waals surface area contributed by atoms with Crippen molar-refractivity contribution in [3.05, 3.63) is 0 Å². The quantitative estimate of drug-likeness (QED) is 0.609. The second-order valence-electron chi connectivity index (χ2n) is 3.98. The molecular formula is C11H22O4. The van der Waals surface area contributed by atoms with Crippen molar-refractivity contribution in [3.8, 4) is 0 Å². The number of esters is 1. The van der Waals surface area contributed by atoms with Crippen molar-refractivity contribution in [3.63, 3.8) is 0 Å². The molecule has 0 radical (unpaired) electrons. The first kappa shape index (κ1) is 14.4. The Morgan fingerprint density at radius 3 is 2.13 bits per heavy atom. The summed E-state index contributed by atoms with van der Waals surface area (Å²) in [6, 6.07) is 0. The Morgan fingerprint density at radius 1 is 1.07 bits per heavy atom. The maximum Gasteiger partial charge on any atom is 0.308 e. The van der Waals surface area contributed by atoms with Gasteiger partial charge in [-0.2, -0.15) is 0 Å². The lowest BCUT2D eigenvalue weighted by atomic mass is 10.2. The second kappa shape index (κ2) is 7.65. The van der Waals surface area contributed by atoms with Gasteiger partial charge in [0, 0.05) is 7.11 Å². The Balaban J connectivity index is 3.57. The highest BCUT2D eigenvalue weighted by Gasteiger charge is 2.11. The molecule has 0 heterocycles. The number of rotatable bonds is 7. The second-order valence-corrected chi connectivity index (χ2v) is 3.98. The third-order valence-corrected chi connectivity index (χ3v) is 1.95. The summed E-state index contributed by atoms with van der Waals surface area (Å²) >= 11 is 0. The summed E-state index contributed by atoms with van der Waals surface area (Å²) in [7, 11) is 1.64. The molecule has 4 heteroatoms. The Morgan fingerprint density at radius 2 is 1.67 bits per heavy atom. The van der Waals surface area contributed by atoms with Gasteiger partial charge in [0.15, 0.2) is 0 Å². The lowest BCUT2D eigenvalue weighted by molar-refractivity contribution is -0.151. The monoisotopic (exact) mass is 218 g/mol. The molecule has 0 spiro atoms. The first-order valence-corrected chi connectivity index (χ1v) is 5.28. The van der Waals surface area contributed by atoms with Gasteiger partial charge in [0.1, 0.15) is 6.61 Å². The summed E-state index contributed by atoms with van der Waals surface area (Å²) in [4.78, 5) is 11.1. The van der Waals surface area contributed by atoms with Crippen LogP contribution in [0.15, 0.2) is 0 Å². The van der Waals surface area contributed by atoms with E-state index in [4.69, 9.17) is 14.2 Å². The molecule has 2 atom stereocenters. The standard InChI is InChI=1S/C11H22O4/c1-8(2)11(12)15-7-10(4)14-6-9(3)13-5/h8-10H,6-7H2,1-5H3. The molecular weight excluding hydrogens is 196 g/mol. The van der Waals surface area contributed by atoms with E-state index < -0.39 is 0 Å². The summed E-state index contributed by atoms with van der Waals surface area (Å²) in [5.74, 6) is -0.277. The maximum atomic E-state index is 11.1. The molecule has 0 aliphatic rings. The molecule has 0 amide bonds. The summed E-state index contributed by atoms with van der Waals surface area (Å²) in [5, 5.41) is 0. The Bertz CT molecular complexity index is 179. The van der Waals surface area contributed by atoms with E-state index in [0.717, 1.165) is 0 Å². The van der Waals surface area contributed by atoms with Gasteiger partial charge in [-0.1, -0.05) is 13.8 Å². The fourth-order valence-corrected chi connectivity index (χ4v) is 0.782. The molecule has 0 aromatic carbocycles. The van der Waals surface area contributed by atoms with Crippen molar-refractivity contribution in [2.45, 2.75) is 39.9 Å². The van der Waals surface area contributed by atoms with Crippen LogP contribution in [0, 0.1) is 5.92 Å². The van der Waals surface area contributed by atoms with E-state index in [1.165, 1.54) is 0 Å². The normalized spacial score (nSPS) is 15.1. The van der Waals surface area contributed by atoms with E-state index in [0.29, 0.717) is 13.2 Å². The number of hydrogen-bond donors (Lipinski definition) is 0. The fraction of sp³-hybridized carbons (Fsp3) is 0.909. The Hall–Kier alpha value is -0.610. The molecule has 0 saturated heterocycles. The molecule has 0 bridgehead atoms. The Kier molecular flexibility index (Phi) is 7.34. The first-order valence-electron chi connectivity index (χ1n) is 5.28. The first-order chi connectivity index (χ1) is 6.97. The zero-order valence-electron chi connectivity index (χ0n) is 10.3. The summed E-state index contributed by atoms with van der Waals surface area (Å²) < 4.78 is 15.5. The third kappa shape index (κ3) is 7.33. The Labute approximate surface area is 91.9 Å².